The van der Waals surface area contributed by atoms with Crippen molar-refractivity contribution in [2.75, 3.05) is 59.1 Å². The maximum atomic E-state index is 12.6. The minimum absolute atomic E-state index is 0.00870. The summed E-state index contributed by atoms with van der Waals surface area (Å²) in [5.41, 5.74) is 9.37. The van der Waals surface area contributed by atoms with Crippen LogP contribution in [-0.2, 0) is 28.6 Å². The molecule has 6 saturated heterocycles. The molecule has 0 bridgehead atoms. The van der Waals surface area contributed by atoms with Crippen molar-refractivity contribution >= 4 is 98.9 Å². The number of carbonyl (C=O) groups excluding carboxylic acids is 3. The Balaban J connectivity index is 0.000000129. The van der Waals surface area contributed by atoms with Gasteiger partial charge in [0, 0.05) is 95.2 Å². The molecule has 5 N–H and O–H groups in total. The van der Waals surface area contributed by atoms with Crippen molar-refractivity contribution in [1.29, 1.82) is 0 Å². The van der Waals surface area contributed by atoms with Crippen molar-refractivity contribution in [1.82, 2.24) is 14.7 Å². The highest BCUT2D eigenvalue weighted by Gasteiger charge is 2.58. The fraction of sp³-hybridized carbons (Fsp3) is 0.440. The largest absolute Gasteiger partial charge is 0.489 e. The molecule has 9 aliphatic rings. The topological polar surface area (TPSA) is 241 Å². The number of hydrogen-bond donors (Lipinski definition) is 5. The van der Waals surface area contributed by atoms with E-state index in [1.807, 2.05) is 14.7 Å². The summed E-state index contributed by atoms with van der Waals surface area (Å²) in [7, 11) is -1.68. The van der Waals surface area contributed by atoms with E-state index < -0.39 is 25.0 Å². The predicted octanol–water partition coefficient (Wildman–Crippen LogP) is 13.4. The third-order valence-electron chi connectivity index (χ3n) is 21.9. The van der Waals surface area contributed by atoms with Gasteiger partial charge in [0.1, 0.15) is 18.3 Å². The lowest BCUT2D eigenvalue weighted by Crippen LogP contribution is -2.44. The minimum atomic E-state index is -1.68. The lowest BCUT2D eigenvalue weighted by Gasteiger charge is -2.34. The Morgan fingerprint density at radius 2 is 0.722 bits per heavy atom. The smallest absolute Gasteiger partial charge is 0.478 e. The second-order valence-electron chi connectivity index (χ2n) is 27.5. The number of carbonyl (C=O) groups is 6. The first-order valence-corrected chi connectivity index (χ1v) is 35.7. The van der Waals surface area contributed by atoms with Crippen LogP contribution in [0.25, 0.3) is 22.3 Å². The molecule has 22 heteroatoms. The summed E-state index contributed by atoms with van der Waals surface area (Å²) >= 11 is 21.7. The number of amides is 3. The van der Waals surface area contributed by atoms with Crippen LogP contribution in [0.5, 0.6) is 0 Å². The zero-order valence-electron chi connectivity index (χ0n) is 53.9. The summed E-state index contributed by atoms with van der Waals surface area (Å²) in [5.74, 6) is -0.690. The summed E-state index contributed by atoms with van der Waals surface area (Å²) < 4.78 is 17.8. The number of carboxylic acid groups (broad SMARTS) is 3. The molecule has 3 spiro atoms. The van der Waals surface area contributed by atoms with Gasteiger partial charge in [0.15, 0.2) is 0 Å². The summed E-state index contributed by atoms with van der Waals surface area (Å²) in [4.78, 5) is 76.3. The molecule has 3 saturated carbocycles. The van der Waals surface area contributed by atoms with Crippen LogP contribution in [0.2, 0.25) is 15.1 Å². The summed E-state index contributed by atoms with van der Waals surface area (Å²) in [5, 5.41) is 45.2. The van der Waals surface area contributed by atoms with E-state index in [0.717, 1.165) is 150 Å². The fourth-order valence-corrected chi connectivity index (χ4v) is 16.8. The number of piperidine rings is 3. The van der Waals surface area contributed by atoms with Gasteiger partial charge >= 0.3 is 25.0 Å². The number of carboxylic acids is 3. The highest BCUT2D eigenvalue weighted by atomic mass is 79.9. The Bertz CT molecular complexity index is 3710. The van der Waals surface area contributed by atoms with Crippen molar-refractivity contribution in [3.05, 3.63) is 180 Å². The van der Waals surface area contributed by atoms with Crippen LogP contribution in [0.1, 0.15) is 162 Å². The van der Waals surface area contributed by atoms with E-state index in [0.29, 0.717) is 57.3 Å². The van der Waals surface area contributed by atoms with E-state index in [1.54, 1.807) is 24.3 Å². The first-order valence-electron chi connectivity index (χ1n) is 33.8. The monoisotopic (exact) mass is 1440 g/mol. The number of hydrogen-bond acceptors (Lipinski definition) is 11. The molecule has 3 aliphatic carbocycles. The van der Waals surface area contributed by atoms with E-state index in [-0.39, 0.29) is 63.2 Å². The molecular weight excluding hydrogens is 1360 g/mol. The molecule has 6 aromatic rings. The van der Waals surface area contributed by atoms with Crippen molar-refractivity contribution in [2.45, 2.75) is 132 Å². The zero-order valence-corrected chi connectivity index (χ0v) is 57.8. The third kappa shape index (κ3) is 16.0. The van der Waals surface area contributed by atoms with E-state index in [4.69, 9.17) is 74.4 Å². The maximum Gasteiger partial charge on any atom is 0.489 e. The molecule has 6 aromatic carbocycles. The Hall–Kier alpha value is -6.65. The molecule has 1 unspecified atom stereocenters. The third-order valence-corrected chi connectivity index (χ3v) is 23.4. The van der Waals surface area contributed by atoms with Crippen LogP contribution in [0.15, 0.2) is 132 Å². The number of rotatable bonds is 12. The molecule has 0 radical (unpaired) electrons. The molecule has 97 heavy (non-hydrogen) atoms. The van der Waals surface area contributed by atoms with Crippen LogP contribution in [0.3, 0.4) is 0 Å². The van der Waals surface area contributed by atoms with Gasteiger partial charge in [0.05, 0.1) is 16.7 Å². The average Bonchev–Trinajstić information content (AvgIpc) is 1.59. The average molecular weight is 1440 g/mol. The quantitative estimate of drug-likeness (QED) is 0.0716. The highest BCUT2D eigenvalue weighted by Crippen LogP contribution is 2.67. The standard InChI is InChI=1S/2C25H26ClNO4.C18H22BrNO2.C7H6BClO4/c2*26-21-14-18(24(29)30)7-8-19(21)16-3-5-17(6-4-16)20-15-25(20)9-11-27(12-10-25)23(28)22-2-1-13-31-22;19-14-5-3-13(4-6-14)15-12-18(15)7-9-20(10-8-18)17(21)16-2-1-11-22-16;9-6-3-4(7(10)11)1-2-5(6)8(12)13/h2*3-8,14,20,22H,1-2,9-13,15H2,(H,29,30);3-6,15-16H,1-2,7-12H2;1-3,12-13H,(H,10,11)/t20-,22+;20-,22-;15?,16-;/m011./s1. The van der Waals surface area contributed by atoms with Crippen molar-refractivity contribution in [3.8, 4) is 22.3 Å². The lowest BCUT2D eigenvalue weighted by molar-refractivity contribution is -0.143. The van der Waals surface area contributed by atoms with Gasteiger partial charge in [-0.25, -0.2) is 14.4 Å². The van der Waals surface area contributed by atoms with Crippen molar-refractivity contribution in [3.63, 3.8) is 0 Å². The molecule has 510 valence electrons. The van der Waals surface area contributed by atoms with Gasteiger partial charge in [-0.15, -0.1) is 0 Å². The second-order valence-corrected chi connectivity index (χ2v) is 29.7. The normalized spacial score (nSPS) is 23.6. The van der Waals surface area contributed by atoms with Gasteiger partial charge in [-0.3, -0.25) is 14.4 Å². The van der Waals surface area contributed by atoms with Gasteiger partial charge in [0.2, 0.25) is 0 Å². The number of ether oxygens (including phenoxy) is 3. The minimum Gasteiger partial charge on any atom is -0.478 e. The van der Waals surface area contributed by atoms with E-state index in [1.165, 1.54) is 66.3 Å². The Kier molecular flexibility index (Phi) is 21.8. The molecular formula is C75H80BBrCl3N3O14. The number of likely N-dealkylation sites (tertiary alicyclic amines) is 3. The molecule has 17 nitrogen and oxygen atoms in total. The lowest BCUT2D eigenvalue weighted by atomic mass is 9.80. The van der Waals surface area contributed by atoms with Gasteiger partial charge in [-0.05, 0) is 207 Å². The molecule has 6 atom stereocenters. The molecule has 15 rings (SSSR count). The summed E-state index contributed by atoms with van der Waals surface area (Å²) in [6.45, 7) is 7.31. The second kappa shape index (κ2) is 30.1. The summed E-state index contributed by atoms with van der Waals surface area (Å²) in [6, 6.07) is 39.1. The van der Waals surface area contributed by atoms with Gasteiger partial charge in [-0.1, -0.05) is 130 Å². The van der Waals surface area contributed by atoms with Crippen LogP contribution >= 0.6 is 50.7 Å². The first-order chi connectivity index (χ1) is 46.6. The molecule has 3 amide bonds. The number of benzene rings is 6. The number of aromatic carboxylic acids is 3. The van der Waals surface area contributed by atoms with Crippen molar-refractivity contribution in [2.24, 2.45) is 16.2 Å². The molecule has 6 aliphatic heterocycles. The predicted molar refractivity (Wildman–Crippen MR) is 374 cm³/mol. The van der Waals surface area contributed by atoms with E-state index in [2.05, 4.69) is 88.7 Å². The Labute approximate surface area is 588 Å². The van der Waals surface area contributed by atoms with Crippen LogP contribution < -0.4 is 5.46 Å². The van der Waals surface area contributed by atoms with Crippen LogP contribution in [-0.4, -0.2) is 160 Å². The van der Waals surface area contributed by atoms with Crippen LogP contribution in [0.4, 0.5) is 0 Å². The fourth-order valence-electron chi connectivity index (χ4n) is 15.7. The Morgan fingerprint density at radius 1 is 0.423 bits per heavy atom. The van der Waals surface area contributed by atoms with E-state index >= 15 is 0 Å². The van der Waals surface area contributed by atoms with Gasteiger partial charge in [-0.2, -0.15) is 0 Å². The van der Waals surface area contributed by atoms with Gasteiger partial charge < -0.3 is 54.3 Å². The molecule has 9 fully saturated rings. The number of nitrogens with zero attached hydrogens (tertiary/aromatic N) is 3. The van der Waals surface area contributed by atoms with E-state index in [9.17, 15) is 28.8 Å². The molecule has 6 heterocycles. The van der Waals surface area contributed by atoms with Crippen LogP contribution in [0, 0.1) is 16.2 Å². The first kappa shape index (κ1) is 70.2. The Morgan fingerprint density at radius 3 is 0.990 bits per heavy atom. The van der Waals surface area contributed by atoms with Crippen molar-refractivity contribution < 1.29 is 68.3 Å². The number of halogens is 4. The van der Waals surface area contributed by atoms with Gasteiger partial charge in [0.25, 0.3) is 17.7 Å². The zero-order chi connectivity index (χ0) is 68.3. The summed E-state index contributed by atoms with van der Waals surface area (Å²) in [6.07, 6.45) is 15.2. The SMILES string of the molecule is O=C(O)c1ccc(-c2ccc([C@@H]3CC34CCN(C(=O)[C@H]3CCCO3)CC4)cc2)c(Cl)c1.O=C(O)c1ccc(-c2ccc([C@H]3CC34CCN(C(=O)[C@H]3CCCO3)CC4)cc2)c(Cl)c1.O=C(O)c1ccc(B(O)O)c(Cl)c1.O=C([C@H]1CCCO1)N1CCC2(CC1)CC2c1ccc(Br)cc1. The maximum absolute atomic E-state index is 12.6. The highest BCUT2D eigenvalue weighted by molar-refractivity contribution is 9.10. The molecule has 0 aromatic heterocycles.